The number of alkyl halides is 1. The van der Waals surface area contributed by atoms with Crippen LogP contribution in [0.25, 0.3) is 0 Å². The molecule has 8 atom stereocenters. The van der Waals surface area contributed by atoms with Crippen molar-refractivity contribution in [2.45, 2.75) is 102 Å². The molecule has 4 aliphatic rings. The molecule has 5 unspecified atom stereocenters. The molecule has 2 aliphatic carbocycles. The number of fused-ring (bicyclic) bond motifs is 1. The zero-order valence-corrected chi connectivity index (χ0v) is 18.8. The van der Waals surface area contributed by atoms with Crippen molar-refractivity contribution in [3.05, 3.63) is 0 Å². The average Bonchev–Trinajstić information content (AvgIpc) is 3.18. The Balaban J connectivity index is 1.30. The molecule has 7 heteroatoms. The highest BCUT2D eigenvalue weighted by Crippen LogP contribution is 2.38. The first-order valence-electron chi connectivity index (χ1n) is 12.0. The van der Waals surface area contributed by atoms with Crippen LogP contribution in [0.15, 0.2) is 0 Å². The highest BCUT2D eigenvalue weighted by molar-refractivity contribution is 5.82. The summed E-state index contributed by atoms with van der Waals surface area (Å²) in [6.45, 7) is 8.53. The Labute approximate surface area is 180 Å². The average molecular weight is 423 g/mol. The summed E-state index contributed by atoms with van der Waals surface area (Å²) < 4.78 is 14.4. The molecule has 2 heterocycles. The number of hydrogen-bond donors (Lipinski definition) is 2. The van der Waals surface area contributed by atoms with Gasteiger partial charge in [0.1, 0.15) is 6.17 Å². The minimum atomic E-state index is -0.772. The molecule has 0 aromatic carbocycles. The third-order valence-electron chi connectivity index (χ3n) is 8.24. The smallest absolute Gasteiger partial charge is 0.237 e. The van der Waals surface area contributed by atoms with Crippen LogP contribution in [0, 0.1) is 11.8 Å². The van der Waals surface area contributed by atoms with E-state index in [1.54, 1.807) is 6.92 Å². The lowest BCUT2D eigenvalue weighted by atomic mass is 9.77. The number of hydrogen-bond acceptors (Lipinski definition) is 4. The predicted octanol–water partition coefficient (Wildman–Crippen LogP) is 2.08. The topological polar surface area (TPSA) is 64.7 Å². The molecule has 2 N–H and O–H groups in total. The normalized spacial score (nSPS) is 42.6. The van der Waals surface area contributed by atoms with Gasteiger partial charge < -0.3 is 15.5 Å². The summed E-state index contributed by atoms with van der Waals surface area (Å²) >= 11 is 0. The molecular weight excluding hydrogens is 383 g/mol. The van der Waals surface area contributed by atoms with E-state index in [0.29, 0.717) is 30.8 Å². The van der Waals surface area contributed by atoms with Crippen molar-refractivity contribution < 1.29 is 14.0 Å². The minimum absolute atomic E-state index is 0.0120. The summed E-state index contributed by atoms with van der Waals surface area (Å²) in [7, 11) is 0. The first-order chi connectivity index (χ1) is 14.3. The molecule has 30 heavy (non-hydrogen) atoms. The largest absolute Gasteiger partial charge is 0.352 e. The molecule has 0 aromatic rings. The second-order valence-electron chi connectivity index (χ2n) is 10.3. The van der Waals surface area contributed by atoms with Gasteiger partial charge in [0, 0.05) is 56.6 Å². The minimum Gasteiger partial charge on any atom is -0.352 e. The van der Waals surface area contributed by atoms with E-state index >= 15 is 0 Å². The van der Waals surface area contributed by atoms with Crippen molar-refractivity contribution in [3.8, 4) is 0 Å². The summed E-state index contributed by atoms with van der Waals surface area (Å²) in [6.07, 6.45) is 5.66. The Kier molecular flexibility index (Phi) is 6.68. The number of nitrogens with zero attached hydrogens (tertiary/aromatic N) is 2. The third-order valence-corrected chi connectivity index (χ3v) is 8.24. The molecule has 0 radical (unpaired) electrons. The SMILES string of the molecule is CC(=O)N1CCN([C@@H]2CCC[C@@H](NC(=O)C3CC4C(F)CCC(C)C4N3)C2)[C@H](C)C1. The van der Waals surface area contributed by atoms with E-state index in [0.717, 1.165) is 51.7 Å². The van der Waals surface area contributed by atoms with Gasteiger partial charge in [-0.2, -0.15) is 0 Å². The molecule has 0 bridgehead atoms. The van der Waals surface area contributed by atoms with Crippen LogP contribution >= 0.6 is 0 Å². The van der Waals surface area contributed by atoms with Crippen molar-refractivity contribution in [1.29, 1.82) is 0 Å². The Morgan fingerprint density at radius 2 is 1.87 bits per heavy atom. The van der Waals surface area contributed by atoms with Gasteiger partial charge in [0.15, 0.2) is 0 Å². The van der Waals surface area contributed by atoms with Crippen LogP contribution in [0.5, 0.6) is 0 Å². The van der Waals surface area contributed by atoms with Gasteiger partial charge in [0.25, 0.3) is 0 Å². The maximum Gasteiger partial charge on any atom is 0.237 e. The first-order valence-corrected chi connectivity index (χ1v) is 12.0. The number of halogens is 1. The van der Waals surface area contributed by atoms with Gasteiger partial charge >= 0.3 is 0 Å². The van der Waals surface area contributed by atoms with Crippen LogP contribution in [0.4, 0.5) is 4.39 Å². The van der Waals surface area contributed by atoms with Crippen molar-refractivity contribution in [1.82, 2.24) is 20.4 Å². The van der Waals surface area contributed by atoms with E-state index in [2.05, 4.69) is 29.4 Å². The van der Waals surface area contributed by atoms with Gasteiger partial charge in [-0.05, 0) is 57.8 Å². The lowest BCUT2D eigenvalue weighted by molar-refractivity contribution is -0.132. The maximum absolute atomic E-state index is 14.4. The molecule has 170 valence electrons. The summed E-state index contributed by atoms with van der Waals surface area (Å²) in [5.41, 5.74) is 0. The Hall–Kier alpha value is -1.21. The van der Waals surface area contributed by atoms with Crippen molar-refractivity contribution >= 4 is 11.8 Å². The lowest BCUT2D eigenvalue weighted by Gasteiger charge is -2.46. The zero-order chi connectivity index (χ0) is 21.4. The molecule has 0 spiro atoms. The highest BCUT2D eigenvalue weighted by atomic mass is 19.1. The Bertz CT molecular complexity index is 629. The summed E-state index contributed by atoms with van der Waals surface area (Å²) in [5, 5.41) is 6.76. The Morgan fingerprint density at radius 3 is 2.57 bits per heavy atom. The lowest BCUT2D eigenvalue weighted by Crippen LogP contribution is -2.58. The van der Waals surface area contributed by atoms with E-state index in [9.17, 15) is 14.0 Å². The fourth-order valence-electron chi connectivity index (χ4n) is 6.50. The van der Waals surface area contributed by atoms with Crippen LogP contribution in [0.1, 0.15) is 65.7 Å². The molecule has 4 fully saturated rings. The van der Waals surface area contributed by atoms with Gasteiger partial charge in [0.05, 0.1) is 6.04 Å². The van der Waals surface area contributed by atoms with Crippen LogP contribution < -0.4 is 10.6 Å². The van der Waals surface area contributed by atoms with Gasteiger partial charge in [0.2, 0.25) is 11.8 Å². The quantitative estimate of drug-likeness (QED) is 0.731. The van der Waals surface area contributed by atoms with Crippen LogP contribution in [-0.4, -0.2) is 77.6 Å². The van der Waals surface area contributed by atoms with Crippen LogP contribution in [0.2, 0.25) is 0 Å². The van der Waals surface area contributed by atoms with E-state index in [1.807, 2.05) is 4.90 Å². The van der Waals surface area contributed by atoms with Crippen molar-refractivity contribution in [3.63, 3.8) is 0 Å². The van der Waals surface area contributed by atoms with E-state index in [1.165, 1.54) is 0 Å². The molecule has 2 aliphatic heterocycles. The third kappa shape index (κ3) is 4.52. The molecule has 6 nitrogen and oxygen atoms in total. The number of carbonyl (C=O) groups is 2. The van der Waals surface area contributed by atoms with E-state index in [-0.39, 0.29) is 35.9 Å². The molecule has 2 saturated heterocycles. The fourth-order valence-corrected chi connectivity index (χ4v) is 6.50. The Morgan fingerprint density at radius 1 is 1.07 bits per heavy atom. The van der Waals surface area contributed by atoms with Crippen LogP contribution in [-0.2, 0) is 9.59 Å². The van der Waals surface area contributed by atoms with Crippen LogP contribution in [0.3, 0.4) is 0 Å². The number of piperazine rings is 1. The number of nitrogens with one attached hydrogen (secondary N) is 2. The van der Waals surface area contributed by atoms with Gasteiger partial charge in [-0.3, -0.25) is 14.5 Å². The second kappa shape index (κ2) is 9.11. The molecular formula is C23H39FN4O2. The number of amides is 2. The van der Waals surface area contributed by atoms with E-state index < -0.39 is 6.17 Å². The fraction of sp³-hybridized carbons (Fsp3) is 0.913. The molecule has 4 rings (SSSR count). The van der Waals surface area contributed by atoms with Gasteiger partial charge in [-0.15, -0.1) is 0 Å². The maximum atomic E-state index is 14.4. The van der Waals surface area contributed by atoms with E-state index in [4.69, 9.17) is 0 Å². The van der Waals surface area contributed by atoms with Crippen molar-refractivity contribution in [2.75, 3.05) is 19.6 Å². The predicted molar refractivity (Wildman–Crippen MR) is 115 cm³/mol. The number of carbonyl (C=O) groups excluding carboxylic acids is 2. The number of rotatable bonds is 3. The van der Waals surface area contributed by atoms with Crippen molar-refractivity contribution in [2.24, 2.45) is 11.8 Å². The standard InChI is InChI=1S/C23H39FN4O2/c1-14-7-8-20(24)19-12-21(26-22(14)19)23(30)25-17-5-4-6-18(11-17)28-10-9-27(16(3)29)13-15(28)2/h14-15,17-22,26H,4-13H2,1-3H3,(H,25,30)/t14?,15-,17-,18-,19?,20?,21?,22?/m1/s1. The highest BCUT2D eigenvalue weighted by Gasteiger charge is 2.46. The molecule has 0 aromatic heterocycles. The summed E-state index contributed by atoms with van der Waals surface area (Å²) in [4.78, 5) is 29.1. The van der Waals surface area contributed by atoms with Gasteiger partial charge in [-0.1, -0.05) is 6.92 Å². The first kappa shape index (κ1) is 22.0. The molecule has 2 saturated carbocycles. The summed E-state index contributed by atoms with van der Waals surface area (Å²) in [5.74, 6) is 0.643. The summed E-state index contributed by atoms with van der Waals surface area (Å²) in [6, 6.07) is 0.892. The second-order valence-corrected chi connectivity index (χ2v) is 10.3. The monoisotopic (exact) mass is 422 g/mol. The zero-order valence-electron chi connectivity index (χ0n) is 18.8. The molecule has 2 amide bonds. The van der Waals surface area contributed by atoms with Gasteiger partial charge in [-0.25, -0.2) is 4.39 Å².